The number of anilines is 4. The fourth-order valence-electron chi connectivity index (χ4n) is 4.04. The maximum atomic E-state index is 11.7. The number of aliphatic hydroxyl groups is 1. The van der Waals surface area contributed by atoms with Crippen molar-refractivity contribution in [3.8, 4) is 11.6 Å². The zero-order chi connectivity index (χ0) is 27.8. The van der Waals surface area contributed by atoms with Crippen LogP contribution in [0, 0.1) is 0 Å². The number of carbonyl (C=O) groups excluding carboxylic acids is 1. The molecule has 39 heavy (non-hydrogen) atoms. The van der Waals surface area contributed by atoms with Gasteiger partial charge in [0.15, 0.2) is 5.65 Å². The molecule has 204 valence electrons. The van der Waals surface area contributed by atoms with Gasteiger partial charge in [-0.2, -0.15) is 9.97 Å². The highest BCUT2D eigenvalue weighted by Crippen LogP contribution is 2.31. The van der Waals surface area contributed by atoms with E-state index in [4.69, 9.17) is 4.74 Å². The first-order chi connectivity index (χ1) is 19.0. The molecule has 11 heteroatoms. The molecule has 0 bridgehead atoms. The second-order valence-electron chi connectivity index (χ2n) is 8.66. The molecule has 0 atom stereocenters. The lowest BCUT2D eigenvalue weighted by atomic mass is 10.3. The summed E-state index contributed by atoms with van der Waals surface area (Å²) in [4.78, 5) is 30.0. The molecule has 4 aromatic rings. The summed E-state index contributed by atoms with van der Waals surface area (Å²) in [5.74, 6) is 1.68. The number of rotatable bonds is 8. The lowest BCUT2D eigenvalue weighted by molar-refractivity contribution is -0.111. The Bertz CT molecular complexity index is 1410. The predicted octanol–water partition coefficient (Wildman–Crippen LogP) is 4.21. The summed E-state index contributed by atoms with van der Waals surface area (Å²) in [5, 5.41) is 16.3. The quantitative estimate of drug-likeness (QED) is 0.288. The Kier molecular flexibility index (Phi) is 9.08. The number of pyridine rings is 1. The van der Waals surface area contributed by atoms with E-state index in [-0.39, 0.29) is 12.6 Å². The molecule has 0 radical (unpaired) electrons. The Labute approximate surface area is 227 Å². The number of likely N-dealkylation sites (N-methyl/N-ethyl adjacent to an activating group) is 1. The van der Waals surface area contributed by atoms with Crippen molar-refractivity contribution in [2.24, 2.45) is 0 Å². The van der Waals surface area contributed by atoms with Gasteiger partial charge < -0.3 is 34.8 Å². The zero-order valence-corrected chi connectivity index (χ0v) is 22.5. The SMILES string of the molecule is C=CC(=O)Nc1cccc(Oc2nc(Nc3ccc(N4CCN(C)CC4)nc3)nc3c2ccn3CO)c1.CC. The number of nitrogens with one attached hydrogen (secondary N) is 2. The van der Waals surface area contributed by atoms with Crippen molar-refractivity contribution in [1.29, 1.82) is 0 Å². The summed E-state index contributed by atoms with van der Waals surface area (Å²) in [6.07, 6.45) is 4.66. The van der Waals surface area contributed by atoms with E-state index < -0.39 is 0 Å². The summed E-state index contributed by atoms with van der Waals surface area (Å²) in [6.45, 7) is 11.1. The monoisotopic (exact) mass is 530 g/mol. The molecule has 0 unspecified atom stereocenters. The third-order valence-corrected chi connectivity index (χ3v) is 6.07. The number of nitrogens with zero attached hydrogens (tertiary/aromatic N) is 6. The fourth-order valence-corrected chi connectivity index (χ4v) is 4.04. The minimum absolute atomic E-state index is 0.246. The van der Waals surface area contributed by atoms with Gasteiger partial charge in [-0.1, -0.05) is 26.5 Å². The number of aromatic nitrogens is 4. The first-order valence-electron chi connectivity index (χ1n) is 12.9. The van der Waals surface area contributed by atoms with E-state index in [0.717, 1.165) is 37.7 Å². The molecule has 1 aliphatic heterocycles. The van der Waals surface area contributed by atoms with Crippen LogP contribution in [0.5, 0.6) is 11.6 Å². The summed E-state index contributed by atoms with van der Waals surface area (Å²) >= 11 is 0. The topological polar surface area (TPSA) is 121 Å². The van der Waals surface area contributed by atoms with Crippen molar-refractivity contribution in [2.45, 2.75) is 20.6 Å². The minimum Gasteiger partial charge on any atom is -0.438 e. The average molecular weight is 531 g/mol. The normalized spacial score (nSPS) is 13.4. The molecule has 1 aliphatic rings. The number of amides is 1. The lowest BCUT2D eigenvalue weighted by Crippen LogP contribution is -2.44. The Balaban J connectivity index is 0.00000172. The highest BCUT2D eigenvalue weighted by Gasteiger charge is 2.17. The second-order valence-corrected chi connectivity index (χ2v) is 8.66. The van der Waals surface area contributed by atoms with Gasteiger partial charge in [-0.25, -0.2) is 4.98 Å². The van der Waals surface area contributed by atoms with Gasteiger partial charge in [-0.3, -0.25) is 4.79 Å². The summed E-state index contributed by atoms with van der Waals surface area (Å²) in [6, 6.07) is 12.6. The third kappa shape index (κ3) is 6.70. The highest BCUT2D eigenvalue weighted by molar-refractivity contribution is 5.99. The standard InChI is InChI=1S/C26H28N8O3.C2H6/c1-3-23(36)28-18-5-4-6-20(15-18)37-25-21-9-10-34(17-35)24(21)30-26(31-25)29-19-7-8-22(27-16-19)33-13-11-32(2)12-14-33;1-2/h3-10,15-16,35H,1,11-14,17H2,2H3,(H,28,36)(H,29,30,31);1-2H3. The molecule has 4 heterocycles. The molecular weight excluding hydrogens is 496 g/mol. The van der Waals surface area contributed by atoms with Crippen molar-refractivity contribution in [3.63, 3.8) is 0 Å². The van der Waals surface area contributed by atoms with Crippen LogP contribution in [-0.2, 0) is 11.5 Å². The summed E-state index contributed by atoms with van der Waals surface area (Å²) < 4.78 is 7.69. The van der Waals surface area contributed by atoms with Crippen LogP contribution in [0.25, 0.3) is 11.0 Å². The van der Waals surface area contributed by atoms with Crippen LogP contribution in [0.2, 0.25) is 0 Å². The van der Waals surface area contributed by atoms with E-state index in [9.17, 15) is 9.90 Å². The second kappa shape index (κ2) is 12.9. The van der Waals surface area contributed by atoms with Gasteiger partial charge in [0.1, 0.15) is 18.3 Å². The number of hydrogen-bond acceptors (Lipinski definition) is 9. The number of hydrogen-bond donors (Lipinski definition) is 3. The molecule has 0 saturated carbocycles. The van der Waals surface area contributed by atoms with E-state index in [0.29, 0.717) is 34.3 Å². The van der Waals surface area contributed by atoms with Crippen LogP contribution < -0.4 is 20.3 Å². The molecule has 1 saturated heterocycles. The van der Waals surface area contributed by atoms with Crippen LogP contribution in [0.4, 0.5) is 23.1 Å². The molecule has 5 rings (SSSR count). The van der Waals surface area contributed by atoms with Gasteiger partial charge in [0.2, 0.25) is 17.7 Å². The van der Waals surface area contributed by atoms with Crippen LogP contribution in [0.15, 0.2) is 67.5 Å². The predicted molar refractivity (Wildman–Crippen MR) is 154 cm³/mol. The molecule has 1 aromatic carbocycles. The van der Waals surface area contributed by atoms with Crippen molar-refractivity contribution < 1.29 is 14.6 Å². The van der Waals surface area contributed by atoms with Gasteiger partial charge in [-0.05, 0) is 43.5 Å². The van der Waals surface area contributed by atoms with Gasteiger partial charge in [-0.15, -0.1) is 0 Å². The smallest absolute Gasteiger partial charge is 0.247 e. The lowest BCUT2D eigenvalue weighted by Gasteiger charge is -2.33. The Morgan fingerprint density at radius 3 is 2.59 bits per heavy atom. The fraction of sp³-hybridized carbons (Fsp3) is 0.286. The molecule has 11 nitrogen and oxygen atoms in total. The minimum atomic E-state index is -0.319. The van der Waals surface area contributed by atoms with Crippen LogP contribution >= 0.6 is 0 Å². The molecule has 1 amide bonds. The highest BCUT2D eigenvalue weighted by atomic mass is 16.5. The average Bonchev–Trinajstić information content (AvgIpc) is 3.38. The first kappa shape index (κ1) is 27.6. The zero-order valence-electron chi connectivity index (χ0n) is 22.5. The first-order valence-corrected chi connectivity index (χ1v) is 12.9. The number of carbonyl (C=O) groups is 1. The molecule has 0 aliphatic carbocycles. The summed E-state index contributed by atoms with van der Waals surface area (Å²) in [7, 11) is 2.12. The van der Waals surface area contributed by atoms with Gasteiger partial charge in [0.25, 0.3) is 0 Å². The van der Waals surface area contributed by atoms with Crippen LogP contribution in [0.1, 0.15) is 13.8 Å². The Morgan fingerprint density at radius 1 is 1.10 bits per heavy atom. The van der Waals surface area contributed by atoms with Crippen molar-refractivity contribution in [2.75, 3.05) is 48.8 Å². The number of ether oxygens (including phenoxy) is 1. The Morgan fingerprint density at radius 2 is 1.90 bits per heavy atom. The van der Waals surface area contributed by atoms with E-state index in [2.05, 4.69) is 49.0 Å². The number of piperazine rings is 1. The number of benzene rings is 1. The maximum absolute atomic E-state index is 11.7. The molecular formula is C28H34N8O3. The molecule has 1 fully saturated rings. The van der Waals surface area contributed by atoms with E-state index in [1.807, 2.05) is 26.0 Å². The Hall–Kier alpha value is -4.48. The van der Waals surface area contributed by atoms with Gasteiger partial charge in [0.05, 0.1) is 17.3 Å². The van der Waals surface area contributed by atoms with Crippen LogP contribution in [0.3, 0.4) is 0 Å². The van der Waals surface area contributed by atoms with E-state index >= 15 is 0 Å². The maximum Gasteiger partial charge on any atom is 0.247 e. The van der Waals surface area contributed by atoms with Gasteiger partial charge in [0, 0.05) is 44.1 Å². The van der Waals surface area contributed by atoms with Crippen LogP contribution in [-0.4, -0.2) is 68.7 Å². The van der Waals surface area contributed by atoms with Crippen molar-refractivity contribution >= 4 is 40.1 Å². The van der Waals surface area contributed by atoms with Gasteiger partial charge >= 0.3 is 0 Å². The van der Waals surface area contributed by atoms with Crippen molar-refractivity contribution in [1.82, 2.24) is 24.4 Å². The number of fused-ring (bicyclic) bond motifs is 1. The van der Waals surface area contributed by atoms with E-state index in [1.165, 1.54) is 6.08 Å². The molecule has 0 spiro atoms. The largest absolute Gasteiger partial charge is 0.438 e. The summed E-state index contributed by atoms with van der Waals surface area (Å²) in [5.41, 5.74) is 1.79. The third-order valence-electron chi connectivity index (χ3n) is 6.07. The molecule has 3 N–H and O–H groups in total. The number of aliphatic hydroxyl groups excluding tert-OH is 1. The van der Waals surface area contributed by atoms with Crippen molar-refractivity contribution in [3.05, 3.63) is 67.5 Å². The molecule has 3 aromatic heterocycles. The van der Waals surface area contributed by atoms with E-state index in [1.54, 1.807) is 47.3 Å².